The van der Waals surface area contributed by atoms with Crippen molar-refractivity contribution in [3.8, 4) is 17.5 Å². The molecule has 0 aliphatic carbocycles. The summed E-state index contributed by atoms with van der Waals surface area (Å²) in [5, 5.41) is 15.8. The number of hydrogen-bond acceptors (Lipinski definition) is 6. The molecule has 0 unspecified atom stereocenters. The van der Waals surface area contributed by atoms with E-state index >= 15 is 0 Å². The van der Waals surface area contributed by atoms with E-state index < -0.39 is 0 Å². The minimum Gasteiger partial charge on any atom is -0.369 e. The lowest BCUT2D eigenvalue weighted by molar-refractivity contribution is 0.698. The van der Waals surface area contributed by atoms with Crippen molar-refractivity contribution >= 4 is 39.5 Å². The number of nitrogens with two attached hydrogens (primary N) is 1. The van der Waals surface area contributed by atoms with Crippen molar-refractivity contribution in [2.45, 2.75) is 6.54 Å². The lowest BCUT2D eigenvalue weighted by Gasteiger charge is -2.11. The van der Waals surface area contributed by atoms with Crippen LogP contribution in [0.2, 0.25) is 5.02 Å². The van der Waals surface area contributed by atoms with Gasteiger partial charge < -0.3 is 10.3 Å². The third-order valence-corrected chi connectivity index (χ3v) is 5.83. The topological polar surface area (TPSA) is 120 Å². The summed E-state index contributed by atoms with van der Waals surface area (Å²) in [7, 11) is 3.38. The Morgan fingerprint density at radius 1 is 1.25 bits per heavy atom. The molecule has 10 heteroatoms. The number of fused-ring (bicyclic) bond motifs is 2. The van der Waals surface area contributed by atoms with Crippen LogP contribution in [0.4, 0.5) is 5.95 Å². The number of hydrogen-bond donors (Lipinski definition) is 1. The highest BCUT2D eigenvalue weighted by molar-refractivity contribution is 6.35. The number of pyridine rings is 1. The van der Waals surface area contributed by atoms with Gasteiger partial charge >= 0.3 is 0 Å². The molecule has 5 aromatic rings. The zero-order chi connectivity index (χ0) is 22.6. The first kappa shape index (κ1) is 19.8. The number of anilines is 1. The average molecular weight is 445 g/mol. The zero-order valence-electron chi connectivity index (χ0n) is 17.2. The second-order valence-corrected chi connectivity index (χ2v) is 7.89. The first-order chi connectivity index (χ1) is 15.4. The maximum Gasteiger partial charge on any atom is 0.266 e. The Balaban J connectivity index is 1.82. The molecule has 158 valence electrons. The molecule has 0 saturated heterocycles. The molecule has 2 N–H and O–H groups in total. The SMILES string of the molecule is Cn1cc(C#N)cc1-c1c2c(=O)n(C)c(N)nc2nn1Cc1ccnc2c(Cl)cccc12. The fourth-order valence-electron chi connectivity index (χ4n) is 3.91. The van der Waals surface area contributed by atoms with E-state index in [1.54, 1.807) is 40.8 Å². The summed E-state index contributed by atoms with van der Waals surface area (Å²) in [6, 6.07) is 11.4. The average Bonchev–Trinajstić information content (AvgIpc) is 3.32. The van der Waals surface area contributed by atoms with Gasteiger partial charge in [0.15, 0.2) is 5.65 Å². The van der Waals surface area contributed by atoms with E-state index in [1.165, 1.54) is 4.57 Å². The molecule has 0 aliphatic heterocycles. The van der Waals surface area contributed by atoms with Gasteiger partial charge in [0.2, 0.25) is 5.95 Å². The summed E-state index contributed by atoms with van der Waals surface area (Å²) in [5.41, 5.74) is 9.17. The van der Waals surface area contributed by atoms with Gasteiger partial charge in [-0.3, -0.25) is 19.0 Å². The Morgan fingerprint density at radius 2 is 2.06 bits per heavy atom. The van der Waals surface area contributed by atoms with Gasteiger partial charge in [-0.15, -0.1) is 0 Å². The number of rotatable bonds is 3. The Bertz CT molecular complexity index is 1640. The normalized spacial score (nSPS) is 11.3. The van der Waals surface area contributed by atoms with Crippen LogP contribution >= 0.6 is 11.6 Å². The summed E-state index contributed by atoms with van der Waals surface area (Å²) < 4.78 is 4.79. The molecule has 4 aromatic heterocycles. The van der Waals surface area contributed by atoms with Gasteiger partial charge in [0.1, 0.15) is 17.1 Å². The molecular formula is C22H17ClN8O. The van der Waals surface area contributed by atoms with Gasteiger partial charge in [-0.1, -0.05) is 23.7 Å². The summed E-state index contributed by atoms with van der Waals surface area (Å²) >= 11 is 6.33. The molecule has 0 radical (unpaired) electrons. The highest BCUT2D eigenvalue weighted by Crippen LogP contribution is 2.30. The number of benzene rings is 1. The van der Waals surface area contributed by atoms with E-state index in [0.717, 1.165) is 10.9 Å². The van der Waals surface area contributed by atoms with Crippen LogP contribution in [-0.2, 0) is 20.6 Å². The standard InChI is InChI=1S/C22H17ClN8O/c1-29-10-12(9-24)8-16(29)19-17-20(27-22(25)30(2)21(17)32)28-31(19)11-13-6-7-26-18-14(13)4-3-5-15(18)23/h3-8,10H,11H2,1-2H3,(H2,25,27,28). The predicted octanol–water partition coefficient (Wildman–Crippen LogP) is 2.84. The van der Waals surface area contributed by atoms with E-state index in [4.69, 9.17) is 17.3 Å². The van der Waals surface area contributed by atoms with Crippen molar-refractivity contribution in [2.75, 3.05) is 5.73 Å². The molecule has 0 amide bonds. The largest absolute Gasteiger partial charge is 0.369 e. The van der Waals surface area contributed by atoms with Crippen LogP contribution in [-0.4, -0.2) is 28.9 Å². The van der Waals surface area contributed by atoms with Gasteiger partial charge in [0, 0.05) is 31.9 Å². The molecule has 0 atom stereocenters. The Morgan fingerprint density at radius 3 is 2.81 bits per heavy atom. The molecular weight excluding hydrogens is 428 g/mol. The zero-order valence-corrected chi connectivity index (χ0v) is 18.0. The van der Waals surface area contributed by atoms with Crippen molar-refractivity contribution < 1.29 is 0 Å². The first-order valence-electron chi connectivity index (χ1n) is 9.71. The Labute approximate surface area is 186 Å². The molecule has 32 heavy (non-hydrogen) atoms. The molecule has 0 saturated carbocycles. The van der Waals surface area contributed by atoms with Crippen LogP contribution < -0.4 is 11.3 Å². The number of nitrogen functional groups attached to an aromatic ring is 1. The number of nitriles is 1. The minimum atomic E-state index is -0.309. The molecule has 0 aliphatic rings. The second kappa shape index (κ2) is 7.21. The van der Waals surface area contributed by atoms with E-state index in [-0.39, 0.29) is 17.2 Å². The summed E-state index contributed by atoms with van der Waals surface area (Å²) in [6.07, 6.45) is 3.40. The monoisotopic (exact) mass is 444 g/mol. The molecule has 1 aromatic carbocycles. The van der Waals surface area contributed by atoms with Crippen molar-refractivity contribution in [3.05, 3.63) is 69.2 Å². The quantitative estimate of drug-likeness (QED) is 0.456. The molecule has 0 bridgehead atoms. The fraction of sp³-hybridized carbons (Fsp3) is 0.136. The second-order valence-electron chi connectivity index (χ2n) is 7.48. The van der Waals surface area contributed by atoms with Crippen molar-refractivity contribution in [1.82, 2.24) is 28.9 Å². The van der Waals surface area contributed by atoms with E-state index in [0.29, 0.717) is 39.4 Å². The number of para-hydroxylation sites is 1. The molecule has 4 heterocycles. The lowest BCUT2D eigenvalue weighted by Crippen LogP contribution is -2.21. The summed E-state index contributed by atoms with van der Waals surface area (Å²) in [5.74, 6) is 0.0736. The van der Waals surface area contributed by atoms with E-state index in [9.17, 15) is 10.1 Å². The maximum absolute atomic E-state index is 13.1. The molecule has 9 nitrogen and oxygen atoms in total. The Kier molecular flexibility index (Phi) is 4.46. The van der Waals surface area contributed by atoms with Crippen LogP contribution in [0.3, 0.4) is 0 Å². The third kappa shape index (κ3) is 2.92. The van der Waals surface area contributed by atoms with Crippen molar-refractivity contribution in [2.24, 2.45) is 14.1 Å². The van der Waals surface area contributed by atoms with E-state index in [2.05, 4.69) is 21.1 Å². The Hall–Kier alpha value is -4.16. The first-order valence-corrected chi connectivity index (χ1v) is 10.1. The van der Waals surface area contributed by atoms with Crippen LogP contribution in [0.1, 0.15) is 11.1 Å². The molecule has 0 spiro atoms. The van der Waals surface area contributed by atoms with Crippen molar-refractivity contribution in [3.63, 3.8) is 0 Å². The van der Waals surface area contributed by atoms with Gasteiger partial charge in [-0.05, 0) is 23.8 Å². The highest BCUT2D eigenvalue weighted by atomic mass is 35.5. The minimum absolute atomic E-state index is 0.0736. The number of nitrogens with zero attached hydrogens (tertiary/aromatic N) is 7. The lowest BCUT2D eigenvalue weighted by atomic mass is 10.1. The van der Waals surface area contributed by atoms with Crippen molar-refractivity contribution in [1.29, 1.82) is 5.26 Å². The van der Waals surface area contributed by atoms with Crippen LogP contribution in [0.15, 0.2) is 47.5 Å². The number of aryl methyl sites for hydroxylation is 1. The fourth-order valence-corrected chi connectivity index (χ4v) is 4.14. The molecule has 5 rings (SSSR count). The van der Waals surface area contributed by atoms with Crippen LogP contribution in [0.25, 0.3) is 33.3 Å². The van der Waals surface area contributed by atoms with Crippen LogP contribution in [0.5, 0.6) is 0 Å². The highest BCUT2D eigenvalue weighted by Gasteiger charge is 2.23. The van der Waals surface area contributed by atoms with Gasteiger partial charge in [-0.2, -0.15) is 15.3 Å². The maximum atomic E-state index is 13.1. The predicted molar refractivity (Wildman–Crippen MR) is 122 cm³/mol. The third-order valence-electron chi connectivity index (χ3n) is 5.53. The van der Waals surface area contributed by atoms with E-state index in [1.807, 2.05) is 25.2 Å². The van der Waals surface area contributed by atoms with Gasteiger partial charge in [0.05, 0.1) is 28.3 Å². The van der Waals surface area contributed by atoms with Gasteiger partial charge in [-0.25, -0.2) is 0 Å². The smallest absolute Gasteiger partial charge is 0.266 e. The van der Waals surface area contributed by atoms with Crippen LogP contribution in [0, 0.1) is 11.3 Å². The summed E-state index contributed by atoms with van der Waals surface area (Å²) in [4.78, 5) is 21.8. The molecule has 0 fully saturated rings. The summed E-state index contributed by atoms with van der Waals surface area (Å²) in [6.45, 7) is 0.335. The number of aromatic nitrogens is 6. The number of halogens is 1. The van der Waals surface area contributed by atoms with Gasteiger partial charge in [0.25, 0.3) is 5.56 Å².